The van der Waals surface area contributed by atoms with Crippen LogP contribution in [0.1, 0.15) is 36.5 Å². The third kappa shape index (κ3) is 2.32. The second-order valence-corrected chi connectivity index (χ2v) is 4.46. The molecule has 1 fully saturated rings. The summed E-state index contributed by atoms with van der Waals surface area (Å²) in [5, 5.41) is 3.05. The molecule has 2 rings (SSSR count). The van der Waals surface area contributed by atoms with Gasteiger partial charge >= 0.3 is 0 Å². The van der Waals surface area contributed by atoms with Crippen LogP contribution >= 0.6 is 0 Å². The zero-order valence-electron chi connectivity index (χ0n) is 9.44. The lowest BCUT2D eigenvalue weighted by molar-refractivity contribution is 0.0929. The first kappa shape index (κ1) is 10.9. The van der Waals surface area contributed by atoms with Crippen molar-refractivity contribution in [3.63, 3.8) is 0 Å². The minimum absolute atomic E-state index is 0.0483. The number of nitrogens with two attached hydrogens (primary N) is 1. The van der Waals surface area contributed by atoms with E-state index in [0.29, 0.717) is 23.3 Å². The summed E-state index contributed by atoms with van der Waals surface area (Å²) in [6.45, 7) is 2.18. The monoisotopic (exact) mass is 219 g/mol. The number of carbonyl (C=O) groups is 1. The third-order valence-corrected chi connectivity index (χ3v) is 3.22. The molecule has 0 saturated heterocycles. The summed E-state index contributed by atoms with van der Waals surface area (Å²) in [5.74, 6) is 0.906. The van der Waals surface area contributed by atoms with Gasteiger partial charge in [-0.2, -0.15) is 0 Å². The fraction of sp³-hybridized carbons (Fsp3) is 0.500. The number of hydrogen-bond acceptors (Lipinski definition) is 3. The number of rotatable bonds is 2. The predicted molar refractivity (Wildman–Crippen MR) is 62.9 cm³/mol. The van der Waals surface area contributed by atoms with Crippen LogP contribution in [-0.2, 0) is 0 Å². The molecule has 4 nitrogen and oxygen atoms in total. The molecular weight excluding hydrogens is 202 g/mol. The maximum Gasteiger partial charge on any atom is 0.251 e. The van der Waals surface area contributed by atoms with Gasteiger partial charge in [0.05, 0.1) is 0 Å². The van der Waals surface area contributed by atoms with Gasteiger partial charge in [-0.15, -0.1) is 0 Å². The lowest BCUT2D eigenvalue weighted by atomic mass is 10.1. The van der Waals surface area contributed by atoms with Crippen molar-refractivity contribution >= 4 is 11.7 Å². The number of aromatic nitrogens is 1. The summed E-state index contributed by atoms with van der Waals surface area (Å²) in [5.41, 5.74) is 6.13. The van der Waals surface area contributed by atoms with Crippen molar-refractivity contribution in [1.29, 1.82) is 0 Å². The van der Waals surface area contributed by atoms with E-state index < -0.39 is 0 Å². The summed E-state index contributed by atoms with van der Waals surface area (Å²) in [6.07, 6.45) is 5.03. The van der Waals surface area contributed by atoms with Crippen LogP contribution in [0, 0.1) is 5.92 Å². The van der Waals surface area contributed by atoms with Crippen molar-refractivity contribution in [2.24, 2.45) is 5.92 Å². The quantitative estimate of drug-likeness (QED) is 0.793. The first-order chi connectivity index (χ1) is 7.66. The Bertz CT molecular complexity index is 392. The molecule has 1 aromatic heterocycles. The zero-order chi connectivity index (χ0) is 11.5. The molecule has 0 bridgehead atoms. The van der Waals surface area contributed by atoms with Crippen LogP contribution in [0.15, 0.2) is 18.3 Å². The standard InChI is InChI=1S/C12H17N3O/c1-8-3-2-4-10(8)15-12(16)9-5-6-14-11(13)7-9/h5-8,10H,2-4H2,1H3,(H2,13,14)(H,15,16). The fourth-order valence-electron chi connectivity index (χ4n) is 2.20. The summed E-state index contributed by atoms with van der Waals surface area (Å²) >= 11 is 0. The largest absolute Gasteiger partial charge is 0.384 e. The molecule has 2 unspecified atom stereocenters. The van der Waals surface area contributed by atoms with Gasteiger partial charge < -0.3 is 11.1 Å². The van der Waals surface area contributed by atoms with Crippen LogP contribution in [0.25, 0.3) is 0 Å². The molecule has 1 saturated carbocycles. The van der Waals surface area contributed by atoms with Crippen molar-refractivity contribution in [3.05, 3.63) is 23.9 Å². The van der Waals surface area contributed by atoms with Crippen LogP contribution in [0.5, 0.6) is 0 Å². The second-order valence-electron chi connectivity index (χ2n) is 4.46. The van der Waals surface area contributed by atoms with Gasteiger partial charge in [0.15, 0.2) is 0 Å². The minimum Gasteiger partial charge on any atom is -0.384 e. The van der Waals surface area contributed by atoms with Gasteiger partial charge in [-0.25, -0.2) is 4.98 Å². The molecule has 1 aliphatic rings. The van der Waals surface area contributed by atoms with E-state index in [9.17, 15) is 4.79 Å². The van der Waals surface area contributed by atoms with Crippen LogP contribution in [0.4, 0.5) is 5.82 Å². The van der Waals surface area contributed by atoms with Crippen molar-refractivity contribution < 1.29 is 4.79 Å². The molecule has 0 aliphatic heterocycles. The number of carbonyl (C=O) groups excluding carboxylic acids is 1. The molecule has 0 radical (unpaired) electrons. The topological polar surface area (TPSA) is 68.0 Å². The van der Waals surface area contributed by atoms with Crippen molar-refractivity contribution in [3.8, 4) is 0 Å². The maximum atomic E-state index is 11.9. The highest BCUT2D eigenvalue weighted by Gasteiger charge is 2.25. The summed E-state index contributed by atoms with van der Waals surface area (Å²) < 4.78 is 0. The molecule has 16 heavy (non-hydrogen) atoms. The summed E-state index contributed by atoms with van der Waals surface area (Å²) in [6, 6.07) is 3.60. The molecule has 2 atom stereocenters. The van der Waals surface area contributed by atoms with Gasteiger partial charge in [0.25, 0.3) is 5.91 Å². The van der Waals surface area contributed by atoms with Crippen molar-refractivity contribution in [2.45, 2.75) is 32.2 Å². The zero-order valence-corrected chi connectivity index (χ0v) is 9.44. The van der Waals surface area contributed by atoms with E-state index in [2.05, 4.69) is 17.2 Å². The van der Waals surface area contributed by atoms with Crippen molar-refractivity contribution in [2.75, 3.05) is 5.73 Å². The van der Waals surface area contributed by atoms with E-state index in [0.717, 1.165) is 6.42 Å². The number of nitrogens with zero attached hydrogens (tertiary/aromatic N) is 1. The minimum atomic E-state index is -0.0483. The number of hydrogen-bond donors (Lipinski definition) is 2. The molecule has 86 valence electrons. The Hall–Kier alpha value is -1.58. The molecule has 0 aromatic carbocycles. The Morgan fingerprint density at radius 3 is 3.00 bits per heavy atom. The molecule has 1 heterocycles. The summed E-state index contributed by atoms with van der Waals surface area (Å²) in [7, 11) is 0. The molecule has 1 amide bonds. The van der Waals surface area contributed by atoms with Gasteiger partial charge in [-0.05, 0) is 30.9 Å². The first-order valence-corrected chi connectivity index (χ1v) is 5.69. The van der Waals surface area contributed by atoms with E-state index in [4.69, 9.17) is 5.73 Å². The van der Waals surface area contributed by atoms with Crippen LogP contribution < -0.4 is 11.1 Å². The average molecular weight is 219 g/mol. The van der Waals surface area contributed by atoms with E-state index in [1.54, 1.807) is 18.3 Å². The molecule has 4 heteroatoms. The lowest BCUT2D eigenvalue weighted by Crippen LogP contribution is -2.36. The predicted octanol–water partition coefficient (Wildman–Crippen LogP) is 1.58. The highest BCUT2D eigenvalue weighted by molar-refractivity contribution is 5.94. The molecule has 1 aliphatic carbocycles. The van der Waals surface area contributed by atoms with Crippen molar-refractivity contribution in [1.82, 2.24) is 10.3 Å². The highest BCUT2D eigenvalue weighted by Crippen LogP contribution is 2.25. The Balaban J connectivity index is 2.03. The summed E-state index contributed by atoms with van der Waals surface area (Å²) in [4.78, 5) is 15.8. The fourth-order valence-corrected chi connectivity index (χ4v) is 2.20. The normalized spacial score (nSPS) is 24.3. The number of pyridine rings is 1. The number of anilines is 1. The number of nitrogens with one attached hydrogen (secondary N) is 1. The molecule has 1 aromatic rings. The van der Waals surface area contributed by atoms with Gasteiger partial charge in [0.1, 0.15) is 5.82 Å². The Labute approximate surface area is 95.3 Å². The maximum absolute atomic E-state index is 11.9. The van der Waals surface area contributed by atoms with Crippen LogP contribution in [0.2, 0.25) is 0 Å². The van der Waals surface area contributed by atoms with Gasteiger partial charge in [-0.3, -0.25) is 4.79 Å². The average Bonchev–Trinajstić information content (AvgIpc) is 2.64. The second kappa shape index (κ2) is 4.51. The number of nitrogen functional groups attached to an aromatic ring is 1. The highest BCUT2D eigenvalue weighted by atomic mass is 16.1. The lowest BCUT2D eigenvalue weighted by Gasteiger charge is -2.17. The van der Waals surface area contributed by atoms with E-state index in [1.165, 1.54) is 12.8 Å². The van der Waals surface area contributed by atoms with Crippen LogP contribution in [0.3, 0.4) is 0 Å². The number of amides is 1. The molecule has 3 N–H and O–H groups in total. The van der Waals surface area contributed by atoms with E-state index in [-0.39, 0.29) is 5.91 Å². The Morgan fingerprint density at radius 2 is 2.38 bits per heavy atom. The molecular formula is C12H17N3O. The Morgan fingerprint density at radius 1 is 1.56 bits per heavy atom. The van der Waals surface area contributed by atoms with Gasteiger partial charge in [0.2, 0.25) is 0 Å². The van der Waals surface area contributed by atoms with Gasteiger partial charge in [0, 0.05) is 17.8 Å². The SMILES string of the molecule is CC1CCCC1NC(=O)c1ccnc(N)c1. The third-order valence-electron chi connectivity index (χ3n) is 3.22. The molecule has 0 spiro atoms. The Kier molecular flexibility index (Phi) is 3.08. The van der Waals surface area contributed by atoms with E-state index in [1.807, 2.05) is 0 Å². The van der Waals surface area contributed by atoms with Crippen LogP contribution in [-0.4, -0.2) is 16.9 Å². The van der Waals surface area contributed by atoms with Gasteiger partial charge in [-0.1, -0.05) is 13.3 Å². The van der Waals surface area contributed by atoms with E-state index >= 15 is 0 Å². The first-order valence-electron chi connectivity index (χ1n) is 5.69. The smallest absolute Gasteiger partial charge is 0.251 e.